The van der Waals surface area contributed by atoms with Gasteiger partial charge in [-0.25, -0.2) is 38.3 Å². The highest BCUT2D eigenvalue weighted by atomic mass is 79.9. The maximum absolute atomic E-state index is 11.6. The van der Waals surface area contributed by atoms with Gasteiger partial charge in [-0.05, 0) is 113 Å². The minimum absolute atomic E-state index is 0.250. The van der Waals surface area contributed by atoms with Crippen molar-refractivity contribution in [2.24, 2.45) is 0 Å². The van der Waals surface area contributed by atoms with Crippen LogP contribution in [0.1, 0.15) is 5.56 Å². The van der Waals surface area contributed by atoms with Crippen molar-refractivity contribution in [1.82, 2.24) is 43.1 Å². The number of ether oxygens (including phenoxy) is 4. The number of morpholine rings is 2. The Labute approximate surface area is 491 Å². The zero-order valence-corrected chi connectivity index (χ0v) is 48.1. The largest absolute Gasteiger partial charge is 0.454 e. The van der Waals surface area contributed by atoms with E-state index in [1.165, 1.54) is 11.4 Å². The van der Waals surface area contributed by atoms with Crippen LogP contribution in [0.3, 0.4) is 0 Å². The summed E-state index contributed by atoms with van der Waals surface area (Å²) < 4.78 is 54.1. The molecule has 0 aliphatic carbocycles. The summed E-state index contributed by atoms with van der Waals surface area (Å²) in [7, 11) is -3.39. The number of nitrogens with zero attached hydrogens (tertiary/aromatic N) is 11. The average molecular weight is 1220 g/mol. The second-order valence-corrected chi connectivity index (χ2v) is 22.4. The quantitative estimate of drug-likeness (QED) is 0.0894. The van der Waals surface area contributed by atoms with Crippen LogP contribution in [0.4, 0.5) is 51.6 Å². The fourth-order valence-electron chi connectivity index (χ4n) is 9.58. The van der Waals surface area contributed by atoms with E-state index in [-0.39, 0.29) is 6.79 Å². The molecule has 83 heavy (non-hydrogen) atoms. The highest BCUT2D eigenvalue weighted by Crippen LogP contribution is 2.37. The monoisotopic (exact) mass is 1220 g/mol. The molecular weight excluding hydrogens is 1160 g/mol. The third kappa shape index (κ3) is 12.9. The molecule has 11 aromatic rings. The van der Waals surface area contributed by atoms with Crippen LogP contribution in [0.15, 0.2) is 170 Å². The predicted molar refractivity (Wildman–Crippen MR) is 327 cm³/mol. The summed E-state index contributed by atoms with van der Waals surface area (Å²) >= 11 is 9.77. The summed E-state index contributed by atoms with van der Waals surface area (Å²) in [5.74, 6) is 3.44. The van der Waals surface area contributed by atoms with Crippen molar-refractivity contribution in [3.63, 3.8) is 0 Å². The third-order valence-corrected chi connectivity index (χ3v) is 15.0. The maximum atomic E-state index is 11.6. The van der Waals surface area contributed by atoms with Gasteiger partial charge >= 0.3 is 0 Å². The van der Waals surface area contributed by atoms with Gasteiger partial charge in [-0.1, -0.05) is 35.9 Å². The Bertz CT molecular complexity index is 4210. The Morgan fingerprint density at radius 1 is 0.566 bits per heavy atom. The Morgan fingerprint density at radius 2 is 1.07 bits per heavy atom. The zero-order chi connectivity index (χ0) is 56.9. The van der Waals surface area contributed by atoms with E-state index >= 15 is 0 Å². The molecule has 6 aromatic heterocycles. The minimum Gasteiger partial charge on any atom is -0.454 e. The molecule has 9 heterocycles. The first-order valence-corrected chi connectivity index (χ1v) is 29.6. The van der Waals surface area contributed by atoms with Gasteiger partial charge < -0.3 is 57.9 Å². The molecule has 0 radical (unpaired) electrons. The van der Waals surface area contributed by atoms with E-state index in [9.17, 15) is 8.42 Å². The Hall–Kier alpha value is -9.00. The molecule has 21 nitrogen and oxygen atoms in total. The number of hydrogen-bond acceptors (Lipinski definition) is 17. The van der Waals surface area contributed by atoms with Crippen LogP contribution in [-0.2, 0) is 19.5 Å². The second-order valence-electron chi connectivity index (χ2n) is 19.5. The summed E-state index contributed by atoms with van der Waals surface area (Å²) in [4.78, 5) is 31.9. The Kier molecular flexibility index (Phi) is 15.9. The second kappa shape index (κ2) is 24.2. The summed E-state index contributed by atoms with van der Waals surface area (Å²) in [5, 5.41) is 10.6. The van der Waals surface area contributed by atoms with E-state index in [0.717, 1.165) is 126 Å². The number of imidazole rings is 3. The van der Waals surface area contributed by atoms with Crippen LogP contribution < -0.4 is 39.9 Å². The van der Waals surface area contributed by atoms with Crippen molar-refractivity contribution in [3.05, 3.63) is 180 Å². The SMILES string of the molecule is Brc1cn2ccnc2c(Nc2ccc(N3CCOCC3)cc2)n1.Cc1ccc(Nc2nc(-c3ccccc3Cl)cn3ccnc23)cc1NS(C)(=O)=O.c1cn2cc(-c3ccc4c(c3)OCO4)nc(Nc3ccc(N4CCOCC4)cc3)c2n1. The fraction of sp³-hybridized carbons (Fsp3) is 0.186. The van der Waals surface area contributed by atoms with Crippen molar-refractivity contribution in [1.29, 1.82) is 0 Å². The number of aromatic nitrogens is 9. The lowest BCUT2D eigenvalue weighted by atomic mass is 10.1. The van der Waals surface area contributed by atoms with E-state index in [1.807, 2.05) is 112 Å². The molecule has 0 atom stereocenters. The first-order chi connectivity index (χ1) is 40.4. The van der Waals surface area contributed by atoms with Gasteiger partial charge in [0.25, 0.3) is 0 Å². The lowest BCUT2D eigenvalue weighted by Gasteiger charge is -2.28. The highest BCUT2D eigenvalue weighted by Gasteiger charge is 2.19. The van der Waals surface area contributed by atoms with E-state index in [2.05, 4.69) is 115 Å². The molecule has 0 spiro atoms. The van der Waals surface area contributed by atoms with Crippen LogP contribution in [0.5, 0.6) is 11.5 Å². The Morgan fingerprint density at radius 3 is 1.65 bits per heavy atom. The van der Waals surface area contributed by atoms with Crippen LogP contribution in [0.25, 0.3) is 39.5 Å². The zero-order valence-electron chi connectivity index (χ0n) is 45.0. The molecule has 0 bridgehead atoms. The lowest BCUT2D eigenvalue weighted by molar-refractivity contribution is 0.122. The predicted octanol–water partition coefficient (Wildman–Crippen LogP) is 11.3. The summed E-state index contributed by atoms with van der Waals surface area (Å²) in [6.45, 7) is 8.92. The lowest BCUT2D eigenvalue weighted by Crippen LogP contribution is -2.36. The number of rotatable bonds is 12. The number of aryl methyl sites for hydroxylation is 1. The molecular formula is C59H55BrClN15O6S. The van der Waals surface area contributed by atoms with Gasteiger partial charge in [-0.2, -0.15) is 0 Å². The van der Waals surface area contributed by atoms with Crippen molar-refractivity contribution < 1.29 is 27.4 Å². The molecule has 2 saturated heterocycles. The molecule has 0 unspecified atom stereocenters. The topological polar surface area (TPSA) is 216 Å². The van der Waals surface area contributed by atoms with E-state index < -0.39 is 10.0 Å². The average Bonchev–Trinajstić information content (AvgIpc) is 4.44. The number of nitrogens with one attached hydrogen (secondary N) is 4. The summed E-state index contributed by atoms with van der Waals surface area (Å²) in [6, 6.07) is 35.5. The van der Waals surface area contributed by atoms with Crippen LogP contribution in [0.2, 0.25) is 5.02 Å². The van der Waals surface area contributed by atoms with E-state index in [4.69, 9.17) is 40.5 Å². The van der Waals surface area contributed by atoms with Crippen molar-refractivity contribution >= 4 is 106 Å². The minimum atomic E-state index is -3.39. The van der Waals surface area contributed by atoms with E-state index in [1.54, 1.807) is 24.7 Å². The fourth-order valence-corrected chi connectivity index (χ4v) is 10.8. The van der Waals surface area contributed by atoms with Crippen LogP contribution >= 0.6 is 27.5 Å². The van der Waals surface area contributed by atoms with Crippen molar-refractivity contribution in [2.75, 3.05) is 96.1 Å². The molecule has 3 aliphatic heterocycles. The molecule has 14 rings (SSSR count). The Balaban J connectivity index is 0.000000124. The third-order valence-electron chi connectivity index (χ3n) is 13.7. The van der Waals surface area contributed by atoms with Crippen LogP contribution in [0, 0.1) is 6.92 Å². The van der Waals surface area contributed by atoms with Crippen molar-refractivity contribution in [3.8, 4) is 34.0 Å². The van der Waals surface area contributed by atoms with Crippen molar-refractivity contribution in [2.45, 2.75) is 6.92 Å². The molecule has 24 heteroatoms. The van der Waals surface area contributed by atoms with Gasteiger partial charge in [0, 0.05) is 122 Å². The van der Waals surface area contributed by atoms with Gasteiger partial charge in [0.05, 0.1) is 54.8 Å². The molecule has 4 N–H and O–H groups in total. The molecule has 2 fully saturated rings. The number of sulfonamides is 1. The molecule has 0 saturated carbocycles. The number of benzene rings is 5. The number of hydrogen-bond donors (Lipinski definition) is 4. The number of anilines is 9. The molecule has 5 aromatic carbocycles. The smallest absolute Gasteiger partial charge is 0.231 e. The van der Waals surface area contributed by atoms with Gasteiger partial charge in [-0.15, -0.1) is 0 Å². The normalized spacial score (nSPS) is 14.0. The van der Waals surface area contributed by atoms with Gasteiger partial charge in [-0.3, -0.25) is 4.72 Å². The highest BCUT2D eigenvalue weighted by molar-refractivity contribution is 9.10. The number of halogens is 2. The molecule has 422 valence electrons. The standard InChI is InChI=1S/C23H21N5O3.C20H18ClN5O2S.C16H16BrN5O/c1-6-20-21(31-15-30-20)13-16(1)19-14-28-8-7-24-23(28)22(26-19)25-17-2-4-18(5-3-17)27-9-11-29-12-10-27;1-13-7-8-14(11-17(13)25-29(2,27)28)23-19-20-22-9-10-26(20)12-18(24-19)15-5-3-4-6-16(15)21;17-14-11-22-6-5-18-16(22)15(20-14)19-12-1-3-13(4-2-12)21-7-9-23-10-8-21/h1-8,13-14H,9-12,15H2,(H,25,26);3-12,25H,1-2H3,(H,23,24);1-6,11H,7-10H2,(H,19,20). The number of fused-ring (bicyclic) bond motifs is 4. The van der Waals surface area contributed by atoms with Gasteiger partial charge in [0.15, 0.2) is 45.9 Å². The maximum Gasteiger partial charge on any atom is 0.231 e. The van der Waals surface area contributed by atoms with Gasteiger partial charge in [0.1, 0.15) is 4.60 Å². The first kappa shape index (κ1) is 54.6. The summed E-state index contributed by atoms with van der Waals surface area (Å²) in [6.07, 6.45) is 17.7. The summed E-state index contributed by atoms with van der Waals surface area (Å²) in [5.41, 5.74) is 11.8. The van der Waals surface area contributed by atoms with E-state index in [0.29, 0.717) is 39.4 Å². The first-order valence-electron chi connectivity index (χ1n) is 26.5. The van der Waals surface area contributed by atoms with Gasteiger partial charge in [0.2, 0.25) is 16.8 Å². The van der Waals surface area contributed by atoms with Crippen LogP contribution in [-0.4, -0.2) is 117 Å². The molecule has 3 aliphatic rings. The molecule has 0 amide bonds.